The smallest absolute Gasteiger partial charge is 0.262 e. The van der Waals surface area contributed by atoms with E-state index in [1.807, 2.05) is 0 Å². The number of hydrogen-bond acceptors (Lipinski definition) is 4. The summed E-state index contributed by atoms with van der Waals surface area (Å²) < 4.78 is 0. The lowest BCUT2D eigenvalue weighted by Crippen LogP contribution is -2.59. The minimum Gasteiger partial charge on any atom is -0.314 e. The standard InChI is InChI=1S/C14H24N4O2/c1-4-5-10(18-8-6-15-7-9-18)11-16-12(19)14(2,3)13(20)17-11/h10,15H,4-9H2,1-3H3,(H,16,17,19,20). The zero-order valence-electron chi connectivity index (χ0n) is 12.5. The van der Waals surface area contributed by atoms with Crippen molar-refractivity contribution >= 4 is 17.6 Å². The predicted octanol–water partition coefficient (Wildman–Crippen LogP) is 0.141. The van der Waals surface area contributed by atoms with Crippen molar-refractivity contribution in [2.75, 3.05) is 26.2 Å². The fourth-order valence-corrected chi connectivity index (χ4v) is 2.56. The van der Waals surface area contributed by atoms with Crippen molar-refractivity contribution in [1.82, 2.24) is 15.5 Å². The van der Waals surface area contributed by atoms with Gasteiger partial charge < -0.3 is 10.6 Å². The number of piperazine rings is 1. The summed E-state index contributed by atoms with van der Waals surface area (Å²) in [5.41, 5.74) is -1.05. The van der Waals surface area contributed by atoms with Crippen LogP contribution < -0.4 is 10.6 Å². The molecule has 6 heteroatoms. The van der Waals surface area contributed by atoms with Crippen LogP contribution in [0, 0.1) is 5.41 Å². The van der Waals surface area contributed by atoms with Gasteiger partial charge in [0.15, 0.2) is 0 Å². The molecule has 2 heterocycles. The van der Waals surface area contributed by atoms with Crippen LogP contribution in [0.15, 0.2) is 4.99 Å². The Hall–Kier alpha value is -1.27. The largest absolute Gasteiger partial charge is 0.314 e. The molecule has 1 unspecified atom stereocenters. The number of carbonyl (C=O) groups excluding carboxylic acids is 2. The van der Waals surface area contributed by atoms with E-state index in [1.54, 1.807) is 13.8 Å². The second kappa shape index (κ2) is 6.01. The molecular formula is C14H24N4O2. The molecule has 0 aromatic carbocycles. The molecule has 0 radical (unpaired) electrons. The Morgan fingerprint density at radius 1 is 1.30 bits per heavy atom. The van der Waals surface area contributed by atoms with E-state index >= 15 is 0 Å². The minimum atomic E-state index is -1.05. The van der Waals surface area contributed by atoms with E-state index in [2.05, 4.69) is 27.4 Å². The molecule has 0 saturated carbocycles. The number of amidine groups is 1. The van der Waals surface area contributed by atoms with Gasteiger partial charge in [-0.1, -0.05) is 13.3 Å². The van der Waals surface area contributed by atoms with Gasteiger partial charge in [0, 0.05) is 26.2 Å². The van der Waals surface area contributed by atoms with Crippen molar-refractivity contribution in [3.05, 3.63) is 0 Å². The van der Waals surface area contributed by atoms with Crippen LogP contribution in [0.4, 0.5) is 0 Å². The Labute approximate surface area is 120 Å². The Morgan fingerprint density at radius 2 is 1.95 bits per heavy atom. The summed E-state index contributed by atoms with van der Waals surface area (Å²) in [5, 5.41) is 6.16. The minimum absolute atomic E-state index is 0.0334. The lowest BCUT2D eigenvalue weighted by Gasteiger charge is -2.37. The SMILES string of the molecule is CCCC(C1=NC(=O)C(C)(C)C(=O)N1)N1CCNCC1. The Balaban J connectivity index is 2.21. The van der Waals surface area contributed by atoms with Gasteiger partial charge in [-0.15, -0.1) is 0 Å². The molecule has 0 bridgehead atoms. The number of amides is 2. The third kappa shape index (κ3) is 2.91. The van der Waals surface area contributed by atoms with E-state index in [0.29, 0.717) is 5.84 Å². The molecule has 1 saturated heterocycles. The van der Waals surface area contributed by atoms with Gasteiger partial charge in [0.1, 0.15) is 11.3 Å². The summed E-state index contributed by atoms with van der Waals surface area (Å²) in [6.07, 6.45) is 1.88. The quantitative estimate of drug-likeness (QED) is 0.719. The van der Waals surface area contributed by atoms with Crippen LogP contribution >= 0.6 is 0 Å². The summed E-state index contributed by atoms with van der Waals surface area (Å²) in [7, 11) is 0. The maximum atomic E-state index is 12.1. The molecule has 2 aliphatic heterocycles. The molecule has 0 aliphatic carbocycles. The van der Waals surface area contributed by atoms with Crippen molar-refractivity contribution in [2.24, 2.45) is 10.4 Å². The fraction of sp³-hybridized carbons (Fsp3) is 0.786. The monoisotopic (exact) mass is 280 g/mol. The fourth-order valence-electron chi connectivity index (χ4n) is 2.56. The molecule has 0 spiro atoms. The average molecular weight is 280 g/mol. The zero-order valence-corrected chi connectivity index (χ0v) is 12.5. The molecule has 1 atom stereocenters. The zero-order chi connectivity index (χ0) is 14.8. The maximum Gasteiger partial charge on any atom is 0.262 e. The van der Waals surface area contributed by atoms with Crippen molar-refractivity contribution in [2.45, 2.75) is 39.7 Å². The highest BCUT2D eigenvalue weighted by Crippen LogP contribution is 2.22. The highest BCUT2D eigenvalue weighted by atomic mass is 16.2. The third-order valence-electron chi connectivity index (χ3n) is 4.04. The molecule has 112 valence electrons. The first-order valence-corrected chi connectivity index (χ1v) is 7.36. The molecule has 2 N–H and O–H groups in total. The second-order valence-corrected chi connectivity index (χ2v) is 5.97. The van der Waals surface area contributed by atoms with Crippen molar-refractivity contribution in [3.63, 3.8) is 0 Å². The predicted molar refractivity (Wildman–Crippen MR) is 77.5 cm³/mol. The molecule has 0 aromatic heterocycles. The Morgan fingerprint density at radius 3 is 2.50 bits per heavy atom. The average Bonchev–Trinajstić information content (AvgIpc) is 2.43. The molecule has 0 aromatic rings. The van der Waals surface area contributed by atoms with Crippen LogP contribution in [0.3, 0.4) is 0 Å². The Kier molecular flexibility index (Phi) is 4.55. The lowest BCUT2D eigenvalue weighted by atomic mass is 9.89. The third-order valence-corrected chi connectivity index (χ3v) is 4.04. The van der Waals surface area contributed by atoms with Gasteiger partial charge in [0.25, 0.3) is 5.91 Å². The van der Waals surface area contributed by atoms with Crippen LogP contribution in [-0.4, -0.2) is 54.8 Å². The number of hydrogen-bond donors (Lipinski definition) is 2. The van der Waals surface area contributed by atoms with Gasteiger partial charge in [0.05, 0.1) is 6.04 Å². The van der Waals surface area contributed by atoms with E-state index in [9.17, 15) is 9.59 Å². The molecule has 6 nitrogen and oxygen atoms in total. The van der Waals surface area contributed by atoms with Crippen molar-refractivity contribution < 1.29 is 9.59 Å². The van der Waals surface area contributed by atoms with Gasteiger partial charge >= 0.3 is 0 Å². The summed E-state index contributed by atoms with van der Waals surface area (Å²) in [4.78, 5) is 30.6. The molecule has 2 aliphatic rings. The summed E-state index contributed by atoms with van der Waals surface area (Å²) >= 11 is 0. The van der Waals surface area contributed by atoms with Crippen LogP contribution in [0.25, 0.3) is 0 Å². The van der Waals surface area contributed by atoms with Gasteiger partial charge in [-0.3, -0.25) is 14.5 Å². The van der Waals surface area contributed by atoms with Crippen LogP contribution in [0.5, 0.6) is 0 Å². The van der Waals surface area contributed by atoms with E-state index < -0.39 is 5.41 Å². The molecule has 2 amide bonds. The topological polar surface area (TPSA) is 73.8 Å². The van der Waals surface area contributed by atoms with Gasteiger partial charge in [-0.25, -0.2) is 0 Å². The van der Waals surface area contributed by atoms with Gasteiger partial charge in [-0.05, 0) is 20.3 Å². The Bertz CT molecular complexity index is 425. The van der Waals surface area contributed by atoms with E-state index in [1.165, 1.54) is 0 Å². The van der Waals surface area contributed by atoms with E-state index in [-0.39, 0.29) is 17.9 Å². The molecule has 2 rings (SSSR count). The normalized spacial score (nSPS) is 25.1. The maximum absolute atomic E-state index is 12.1. The van der Waals surface area contributed by atoms with E-state index in [4.69, 9.17) is 0 Å². The van der Waals surface area contributed by atoms with Gasteiger partial charge in [0.2, 0.25) is 5.91 Å². The van der Waals surface area contributed by atoms with Crippen LogP contribution in [0.1, 0.15) is 33.6 Å². The first kappa shape index (κ1) is 15.1. The molecule has 20 heavy (non-hydrogen) atoms. The van der Waals surface area contributed by atoms with Crippen molar-refractivity contribution in [1.29, 1.82) is 0 Å². The number of carbonyl (C=O) groups is 2. The van der Waals surface area contributed by atoms with Crippen molar-refractivity contribution in [3.8, 4) is 0 Å². The summed E-state index contributed by atoms with van der Waals surface area (Å²) in [5.74, 6) is -0.0562. The first-order valence-electron chi connectivity index (χ1n) is 7.36. The van der Waals surface area contributed by atoms with Crippen LogP contribution in [-0.2, 0) is 9.59 Å². The molecular weight excluding hydrogens is 256 g/mol. The van der Waals surface area contributed by atoms with E-state index in [0.717, 1.165) is 39.0 Å². The number of aliphatic imine (C=N–C) groups is 1. The molecule has 1 fully saturated rings. The second-order valence-electron chi connectivity index (χ2n) is 5.97. The first-order chi connectivity index (χ1) is 9.46. The van der Waals surface area contributed by atoms with Crippen LogP contribution in [0.2, 0.25) is 0 Å². The number of nitrogens with one attached hydrogen (secondary N) is 2. The highest BCUT2D eigenvalue weighted by Gasteiger charge is 2.42. The summed E-state index contributed by atoms with van der Waals surface area (Å²) in [6.45, 7) is 9.03. The summed E-state index contributed by atoms with van der Waals surface area (Å²) in [6, 6.07) is 0.0334. The highest BCUT2D eigenvalue weighted by molar-refractivity contribution is 6.19. The van der Waals surface area contributed by atoms with Gasteiger partial charge in [-0.2, -0.15) is 4.99 Å². The lowest BCUT2D eigenvalue weighted by molar-refractivity contribution is -0.139. The number of nitrogens with zero attached hydrogens (tertiary/aromatic N) is 2. The number of rotatable bonds is 4.